The zero-order chi connectivity index (χ0) is 23.6. The van der Waals surface area contributed by atoms with Crippen LogP contribution in [0.4, 0.5) is 0 Å². The molecule has 2 heterocycles. The van der Waals surface area contributed by atoms with E-state index in [1.165, 1.54) is 26.2 Å². The molecule has 0 saturated carbocycles. The molecule has 1 unspecified atom stereocenters. The SMILES string of the molecule is CO[C@@H]1O[C@@H]2COC(c3ccccc3)O[C@H]2[C@H](OS(=O)(=O)c2ccc(C)cc2)[C@@H]1OC(C)=O. The molecule has 2 aromatic rings. The molecule has 0 amide bonds. The fourth-order valence-electron chi connectivity index (χ4n) is 3.85. The fraction of sp³-hybridized carbons (Fsp3) is 0.435. The van der Waals surface area contributed by atoms with Gasteiger partial charge < -0.3 is 23.7 Å². The summed E-state index contributed by atoms with van der Waals surface area (Å²) in [5.41, 5.74) is 1.64. The minimum atomic E-state index is -4.23. The van der Waals surface area contributed by atoms with Crippen LogP contribution in [-0.2, 0) is 42.8 Å². The summed E-state index contributed by atoms with van der Waals surface area (Å²) in [5, 5.41) is 0. The van der Waals surface area contributed by atoms with Crippen molar-refractivity contribution in [3.63, 3.8) is 0 Å². The van der Waals surface area contributed by atoms with Crippen LogP contribution in [0.3, 0.4) is 0 Å². The van der Waals surface area contributed by atoms with E-state index in [9.17, 15) is 13.2 Å². The second-order valence-corrected chi connectivity index (χ2v) is 9.43. The van der Waals surface area contributed by atoms with Crippen molar-refractivity contribution in [1.29, 1.82) is 0 Å². The van der Waals surface area contributed by atoms with Gasteiger partial charge in [0.15, 0.2) is 18.7 Å². The highest BCUT2D eigenvalue weighted by atomic mass is 32.2. The minimum Gasteiger partial charge on any atom is -0.454 e. The van der Waals surface area contributed by atoms with Gasteiger partial charge >= 0.3 is 5.97 Å². The number of carbonyl (C=O) groups is 1. The highest BCUT2D eigenvalue weighted by Gasteiger charge is 2.54. The zero-order valence-corrected chi connectivity index (χ0v) is 19.3. The molecule has 0 aliphatic carbocycles. The van der Waals surface area contributed by atoms with Crippen LogP contribution in [0.25, 0.3) is 0 Å². The average Bonchev–Trinajstić information content (AvgIpc) is 2.80. The standard InChI is InChI=1S/C23H26O9S/c1-14-9-11-17(12-10-14)33(25,26)32-20-19-18(30-23(27-3)21(20)29-15(2)24)13-28-22(31-19)16-7-5-4-6-8-16/h4-12,18-23H,13H2,1-3H3/t18-,19-,20+,21+,22?,23-/m1/s1. The van der Waals surface area contributed by atoms with Gasteiger partial charge in [-0.25, -0.2) is 0 Å². The van der Waals surface area contributed by atoms with Crippen LogP contribution in [0.1, 0.15) is 24.3 Å². The van der Waals surface area contributed by atoms with Crippen LogP contribution in [-0.4, -0.2) is 58.8 Å². The number of rotatable bonds is 6. The van der Waals surface area contributed by atoms with Gasteiger partial charge in [-0.2, -0.15) is 8.42 Å². The smallest absolute Gasteiger partial charge is 0.303 e. The number of hydrogen-bond acceptors (Lipinski definition) is 9. The highest BCUT2D eigenvalue weighted by molar-refractivity contribution is 7.86. The molecule has 0 spiro atoms. The molecule has 2 aliphatic heterocycles. The third-order valence-electron chi connectivity index (χ3n) is 5.44. The number of benzene rings is 2. The van der Waals surface area contributed by atoms with Gasteiger partial charge in [0, 0.05) is 19.6 Å². The van der Waals surface area contributed by atoms with Gasteiger partial charge in [-0.3, -0.25) is 8.98 Å². The van der Waals surface area contributed by atoms with Crippen LogP contribution in [0, 0.1) is 6.92 Å². The second-order valence-electron chi connectivity index (χ2n) is 7.86. The summed E-state index contributed by atoms with van der Waals surface area (Å²) in [4.78, 5) is 11.8. The Morgan fingerprint density at radius 3 is 2.33 bits per heavy atom. The van der Waals surface area contributed by atoms with E-state index in [1.807, 2.05) is 37.3 Å². The number of carbonyl (C=O) groups excluding carboxylic acids is 1. The van der Waals surface area contributed by atoms with Gasteiger partial charge in [0.1, 0.15) is 18.3 Å². The lowest BCUT2D eigenvalue weighted by molar-refractivity contribution is -0.355. The van der Waals surface area contributed by atoms with Gasteiger partial charge in [0.2, 0.25) is 0 Å². The predicted octanol–water partition coefficient (Wildman–Crippen LogP) is 2.49. The topological polar surface area (TPSA) is 107 Å². The predicted molar refractivity (Wildman–Crippen MR) is 114 cm³/mol. The lowest BCUT2D eigenvalue weighted by atomic mass is 9.97. The number of esters is 1. The maximum absolute atomic E-state index is 13.1. The lowest BCUT2D eigenvalue weighted by Crippen LogP contribution is -2.64. The highest BCUT2D eigenvalue weighted by Crippen LogP contribution is 2.37. The molecular weight excluding hydrogens is 452 g/mol. The Hall–Kier alpha value is -2.34. The molecule has 33 heavy (non-hydrogen) atoms. The molecule has 10 heteroatoms. The molecule has 178 valence electrons. The molecule has 2 aliphatic rings. The van der Waals surface area contributed by atoms with Crippen molar-refractivity contribution >= 4 is 16.1 Å². The number of ether oxygens (including phenoxy) is 5. The van der Waals surface area contributed by atoms with Gasteiger partial charge in [-0.1, -0.05) is 48.0 Å². The molecule has 4 rings (SSSR count). The first kappa shape index (κ1) is 23.8. The Labute approximate surface area is 192 Å². The largest absolute Gasteiger partial charge is 0.454 e. The van der Waals surface area contributed by atoms with E-state index in [0.29, 0.717) is 0 Å². The Balaban J connectivity index is 1.68. The van der Waals surface area contributed by atoms with Gasteiger partial charge in [0.05, 0.1) is 11.5 Å². The fourth-order valence-corrected chi connectivity index (χ4v) is 4.94. The van der Waals surface area contributed by atoms with Crippen molar-refractivity contribution in [1.82, 2.24) is 0 Å². The van der Waals surface area contributed by atoms with Crippen molar-refractivity contribution in [3.05, 3.63) is 65.7 Å². The van der Waals surface area contributed by atoms with Crippen LogP contribution >= 0.6 is 0 Å². The van der Waals surface area contributed by atoms with Crippen LogP contribution in [0.15, 0.2) is 59.5 Å². The van der Waals surface area contributed by atoms with Crippen LogP contribution < -0.4 is 0 Å². The molecule has 2 saturated heterocycles. The number of fused-ring (bicyclic) bond motifs is 1. The van der Waals surface area contributed by atoms with E-state index in [2.05, 4.69) is 0 Å². The Bertz CT molecular complexity index is 1060. The zero-order valence-electron chi connectivity index (χ0n) is 18.4. The van der Waals surface area contributed by atoms with E-state index in [0.717, 1.165) is 11.1 Å². The molecular formula is C23H26O9S. The first-order chi connectivity index (χ1) is 15.8. The normalized spacial score (nSPS) is 29.8. The molecule has 9 nitrogen and oxygen atoms in total. The molecule has 2 fully saturated rings. The molecule has 6 atom stereocenters. The third kappa shape index (κ3) is 5.26. The quantitative estimate of drug-likeness (QED) is 0.457. The first-order valence-corrected chi connectivity index (χ1v) is 11.9. The van der Waals surface area contributed by atoms with E-state index in [4.69, 9.17) is 27.9 Å². The maximum Gasteiger partial charge on any atom is 0.303 e. The van der Waals surface area contributed by atoms with Gasteiger partial charge in [-0.05, 0) is 19.1 Å². The summed E-state index contributed by atoms with van der Waals surface area (Å²) >= 11 is 0. The van der Waals surface area contributed by atoms with Crippen molar-refractivity contribution in [2.45, 2.75) is 55.7 Å². The minimum absolute atomic E-state index is 0.0293. The average molecular weight is 479 g/mol. The van der Waals surface area contributed by atoms with Crippen molar-refractivity contribution in [2.24, 2.45) is 0 Å². The second kappa shape index (κ2) is 9.88. The number of hydrogen-bond donors (Lipinski definition) is 0. The summed E-state index contributed by atoms with van der Waals surface area (Å²) in [6.45, 7) is 3.16. The summed E-state index contributed by atoms with van der Waals surface area (Å²) in [7, 11) is -2.87. The molecule has 0 radical (unpaired) electrons. The molecule has 0 N–H and O–H groups in total. The summed E-state index contributed by atoms with van der Waals surface area (Å²) in [5.74, 6) is -0.642. The Morgan fingerprint density at radius 1 is 1.00 bits per heavy atom. The van der Waals surface area contributed by atoms with E-state index in [-0.39, 0.29) is 11.5 Å². The van der Waals surface area contributed by atoms with Crippen LogP contribution in [0.2, 0.25) is 0 Å². The first-order valence-electron chi connectivity index (χ1n) is 10.5. The van der Waals surface area contributed by atoms with E-state index >= 15 is 0 Å². The molecule has 2 aromatic carbocycles. The monoisotopic (exact) mass is 478 g/mol. The van der Waals surface area contributed by atoms with E-state index in [1.54, 1.807) is 12.1 Å². The molecule has 0 bridgehead atoms. The van der Waals surface area contributed by atoms with Crippen LogP contribution in [0.5, 0.6) is 0 Å². The lowest BCUT2D eigenvalue weighted by Gasteiger charge is -2.47. The van der Waals surface area contributed by atoms with Gasteiger partial charge in [-0.15, -0.1) is 0 Å². The Morgan fingerprint density at radius 2 is 1.70 bits per heavy atom. The summed E-state index contributed by atoms with van der Waals surface area (Å²) < 4.78 is 60.5. The van der Waals surface area contributed by atoms with Crippen molar-refractivity contribution in [3.8, 4) is 0 Å². The van der Waals surface area contributed by atoms with E-state index < -0.39 is 53.1 Å². The maximum atomic E-state index is 13.1. The summed E-state index contributed by atoms with van der Waals surface area (Å²) in [6.07, 6.45) is -5.91. The number of aryl methyl sites for hydroxylation is 1. The Kier molecular flexibility index (Phi) is 7.13. The number of methoxy groups -OCH3 is 1. The van der Waals surface area contributed by atoms with Crippen molar-refractivity contribution < 1.29 is 41.1 Å². The molecule has 0 aromatic heterocycles. The summed E-state index contributed by atoms with van der Waals surface area (Å²) in [6, 6.07) is 15.4. The van der Waals surface area contributed by atoms with Crippen molar-refractivity contribution in [2.75, 3.05) is 13.7 Å². The third-order valence-corrected chi connectivity index (χ3v) is 6.76. The van der Waals surface area contributed by atoms with Gasteiger partial charge in [0.25, 0.3) is 10.1 Å².